The molecule has 4 heteroatoms. The van der Waals surface area contributed by atoms with E-state index in [2.05, 4.69) is 17.4 Å². The summed E-state index contributed by atoms with van der Waals surface area (Å²) in [5.41, 5.74) is 5.52. The van der Waals surface area contributed by atoms with Crippen LogP contribution in [-0.2, 0) is 0 Å². The molecule has 1 fully saturated rings. The highest BCUT2D eigenvalue weighted by atomic mass is 16.4. The Hall–Kier alpha value is -0.770. The summed E-state index contributed by atoms with van der Waals surface area (Å²) in [5, 5.41) is 14.9. The van der Waals surface area contributed by atoms with E-state index >= 15 is 0 Å². The molecule has 1 rings (SSSR count). The second-order valence-electron chi connectivity index (χ2n) is 4.28. The van der Waals surface area contributed by atoms with Gasteiger partial charge in [-0.3, -0.25) is 0 Å². The van der Waals surface area contributed by atoms with E-state index in [4.69, 9.17) is 10.9 Å². The molecule has 0 saturated heterocycles. The van der Waals surface area contributed by atoms with E-state index in [0.29, 0.717) is 12.0 Å². The molecule has 1 saturated carbocycles. The first-order valence-corrected chi connectivity index (χ1v) is 5.38. The zero-order valence-corrected chi connectivity index (χ0v) is 9.03. The number of rotatable bonds is 3. The van der Waals surface area contributed by atoms with Crippen LogP contribution in [0.3, 0.4) is 0 Å². The van der Waals surface area contributed by atoms with Gasteiger partial charge in [-0.1, -0.05) is 24.9 Å². The Morgan fingerprint density at radius 3 is 2.71 bits per heavy atom. The number of oxime groups is 1. The molecule has 0 aromatic heterocycles. The number of hydrogen-bond donors (Lipinski definition) is 3. The molecule has 0 spiro atoms. The van der Waals surface area contributed by atoms with E-state index in [1.165, 1.54) is 25.7 Å². The summed E-state index contributed by atoms with van der Waals surface area (Å²) in [7, 11) is 0. The Bertz CT molecular complexity index is 206. The molecule has 3 unspecified atom stereocenters. The predicted octanol–water partition coefficient (Wildman–Crippen LogP) is 1.29. The standard InChI is InChI=1S/C10H21N3O/c1-7-5-3-4-6-9(7)12-8(2)10(11)13-14/h7-9,12,14H,3-6H2,1-2H3,(H2,11,13). The number of nitrogens with zero attached hydrogens (tertiary/aromatic N) is 1. The number of amidine groups is 1. The highest BCUT2D eigenvalue weighted by Gasteiger charge is 2.23. The Morgan fingerprint density at radius 1 is 1.50 bits per heavy atom. The molecule has 14 heavy (non-hydrogen) atoms. The Balaban J connectivity index is 2.42. The molecule has 3 atom stereocenters. The molecule has 4 N–H and O–H groups in total. The molecule has 0 amide bonds. The molecular formula is C10H21N3O. The van der Waals surface area contributed by atoms with Crippen molar-refractivity contribution in [1.82, 2.24) is 5.32 Å². The lowest BCUT2D eigenvalue weighted by Crippen LogP contribution is -2.48. The minimum atomic E-state index is -0.0365. The fourth-order valence-corrected chi connectivity index (χ4v) is 2.06. The van der Waals surface area contributed by atoms with Crippen LogP contribution in [0.5, 0.6) is 0 Å². The van der Waals surface area contributed by atoms with Gasteiger partial charge in [0.15, 0.2) is 5.84 Å². The topological polar surface area (TPSA) is 70.6 Å². The quantitative estimate of drug-likeness (QED) is 0.277. The van der Waals surface area contributed by atoms with Crippen LogP contribution in [0.4, 0.5) is 0 Å². The van der Waals surface area contributed by atoms with Gasteiger partial charge in [0, 0.05) is 6.04 Å². The Morgan fingerprint density at radius 2 is 2.14 bits per heavy atom. The van der Waals surface area contributed by atoms with Crippen LogP contribution in [0.1, 0.15) is 39.5 Å². The molecule has 0 bridgehead atoms. The third-order valence-electron chi connectivity index (χ3n) is 3.13. The summed E-state index contributed by atoms with van der Waals surface area (Å²) >= 11 is 0. The maximum Gasteiger partial charge on any atom is 0.156 e. The SMILES string of the molecule is CC(NC1CCCCC1C)C(N)=NO. The first-order valence-electron chi connectivity index (χ1n) is 5.38. The molecule has 0 aliphatic heterocycles. The van der Waals surface area contributed by atoms with Gasteiger partial charge < -0.3 is 16.3 Å². The van der Waals surface area contributed by atoms with E-state index in [0.717, 1.165) is 0 Å². The van der Waals surface area contributed by atoms with Gasteiger partial charge in [0.25, 0.3) is 0 Å². The van der Waals surface area contributed by atoms with Crippen LogP contribution in [0.2, 0.25) is 0 Å². The summed E-state index contributed by atoms with van der Waals surface area (Å²) in [6.07, 6.45) is 5.09. The third-order valence-corrected chi connectivity index (χ3v) is 3.13. The van der Waals surface area contributed by atoms with Crippen molar-refractivity contribution < 1.29 is 5.21 Å². The maximum absolute atomic E-state index is 8.52. The van der Waals surface area contributed by atoms with Gasteiger partial charge in [-0.05, 0) is 25.7 Å². The minimum absolute atomic E-state index is 0.0365. The molecule has 4 nitrogen and oxygen atoms in total. The molecule has 1 aliphatic carbocycles. The zero-order chi connectivity index (χ0) is 10.6. The van der Waals surface area contributed by atoms with Crippen LogP contribution < -0.4 is 11.1 Å². The van der Waals surface area contributed by atoms with Crippen molar-refractivity contribution in [2.24, 2.45) is 16.8 Å². The van der Waals surface area contributed by atoms with Crippen molar-refractivity contribution in [2.75, 3.05) is 0 Å². The van der Waals surface area contributed by atoms with Gasteiger partial charge >= 0.3 is 0 Å². The average Bonchev–Trinajstić information content (AvgIpc) is 2.20. The molecule has 0 heterocycles. The fraction of sp³-hybridized carbons (Fsp3) is 0.900. The van der Waals surface area contributed by atoms with Gasteiger partial charge in [0.2, 0.25) is 0 Å². The van der Waals surface area contributed by atoms with Crippen molar-refractivity contribution in [3.8, 4) is 0 Å². The lowest BCUT2D eigenvalue weighted by Gasteiger charge is -2.31. The normalized spacial score (nSPS) is 31.4. The van der Waals surface area contributed by atoms with Gasteiger partial charge in [0.05, 0.1) is 6.04 Å². The number of nitrogens with one attached hydrogen (secondary N) is 1. The average molecular weight is 199 g/mol. The smallest absolute Gasteiger partial charge is 0.156 e. The van der Waals surface area contributed by atoms with Crippen LogP contribution >= 0.6 is 0 Å². The summed E-state index contributed by atoms with van der Waals surface area (Å²) in [5.74, 6) is 0.959. The Labute approximate surface area is 85.6 Å². The van der Waals surface area contributed by atoms with Crippen LogP contribution in [0, 0.1) is 5.92 Å². The molecule has 0 aromatic carbocycles. The first kappa shape index (κ1) is 11.3. The van der Waals surface area contributed by atoms with Crippen molar-refractivity contribution in [1.29, 1.82) is 0 Å². The van der Waals surface area contributed by atoms with E-state index in [1.807, 2.05) is 6.92 Å². The summed E-state index contributed by atoms with van der Waals surface area (Å²) in [4.78, 5) is 0. The third kappa shape index (κ3) is 2.87. The van der Waals surface area contributed by atoms with E-state index < -0.39 is 0 Å². The van der Waals surface area contributed by atoms with Crippen LogP contribution in [0.15, 0.2) is 5.16 Å². The van der Waals surface area contributed by atoms with E-state index in [9.17, 15) is 0 Å². The minimum Gasteiger partial charge on any atom is -0.409 e. The zero-order valence-electron chi connectivity index (χ0n) is 9.03. The molecule has 1 aliphatic rings. The van der Waals surface area contributed by atoms with Crippen molar-refractivity contribution in [3.05, 3.63) is 0 Å². The van der Waals surface area contributed by atoms with E-state index in [-0.39, 0.29) is 11.9 Å². The van der Waals surface area contributed by atoms with Gasteiger partial charge in [-0.15, -0.1) is 0 Å². The van der Waals surface area contributed by atoms with Gasteiger partial charge in [-0.25, -0.2) is 0 Å². The monoisotopic (exact) mass is 199 g/mol. The number of hydrogen-bond acceptors (Lipinski definition) is 3. The van der Waals surface area contributed by atoms with Crippen molar-refractivity contribution in [3.63, 3.8) is 0 Å². The fourth-order valence-electron chi connectivity index (χ4n) is 2.06. The number of nitrogens with two attached hydrogens (primary N) is 1. The summed E-state index contributed by atoms with van der Waals surface area (Å²) in [6.45, 7) is 4.19. The Kier molecular flexibility index (Phi) is 4.20. The largest absolute Gasteiger partial charge is 0.409 e. The summed E-state index contributed by atoms with van der Waals surface area (Å²) in [6, 6.07) is 0.476. The van der Waals surface area contributed by atoms with Crippen molar-refractivity contribution >= 4 is 5.84 Å². The highest BCUT2D eigenvalue weighted by molar-refractivity contribution is 5.84. The van der Waals surface area contributed by atoms with Gasteiger partial charge in [-0.2, -0.15) is 0 Å². The molecule has 82 valence electrons. The van der Waals surface area contributed by atoms with Crippen LogP contribution in [0.25, 0.3) is 0 Å². The molecular weight excluding hydrogens is 178 g/mol. The lowest BCUT2D eigenvalue weighted by molar-refractivity contribution is 0.271. The lowest BCUT2D eigenvalue weighted by atomic mass is 9.85. The van der Waals surface area contributed by atoms with Crippen LogP contribution in [-0.4, -0.2) is 23.1 Å². The molecule has 0 radical (unpaired) electrons. The summed E-state index contributed by atoms with van der Waals surface area (Å²) < 4.78 is 0. The van der Waals surface area contributed by atoms with Crippen molar-refractivity contribution in [2.45, 2.75) is 51.6 Å². The van der Waals surface area contributed by atoms with Gasteiger partial charge in [0.1, 0.15) is 0 Å². The second kappa shape index (κ2) is 5.20. The highest BCUT2D eigenvalue weighted by Crippen LogP contribution is 2.23. The maximum atomic E-state index is 8.52. The molecule has 0 aromatic rings. The predicted molar refractivity (Wildman–Crippen MR) is 57.4 cm³/mol. The van der Waals surface area contributed by atoms with E-state index in [1.54, 1.807) is 0 Å². The second-order valence-corrected chi connectivity index (χ2v) is 4.28. The first-order chi connectivity index (χ1) is 6.65.